The van der Waals surface area contributed by atoms with Crippen LogP contribution < -0.4 is 4.90 Å². The third-order valence-electron chi connectivity index (χ3n) is 4.06. The Bertz CT molecular complexity index is 858. The molecule has 3 rings (SSSR count). The fraction of sp³-hybridized carbons (Fsp3) is 0.222. The summed E-state index contributed by atoms with van der Waals surface area (Å²) in [5.74, 6) is 0.941. The van der Waals surface area contributed by atoms with E-state index in [1.54, 1.807) is 6.33 Å². The zero-order valence-corrected chi connectivity index (χ0v) is 15.3. The SMILES string of the molecule is Cc1cccc(N(C)c2ncnc3c(I)c(C)c(C)cc23)c1. The maximum atomic E-state index is 4.54. The molecular weight excluding hydrogens is 385 g/mol. The van der Waals surface area contributed by atoms with Crippen LogP contribution in [0.4, 0.5) is 11.5 Å². The normalized spacial score (nSPS) is 11.0. The second kappa shape index (κ2) is 5.83. The lowest BCUT2D eigenvalue weighted by atomic mass is 10.1. The van der Waals surface area contributed by atoms with E-state index in [-0.39, 0.29) is 0 Å². The van der Waals surface area contributed by atoms with Gasteiger partial charge in [0.1, 0.15) is 12.1 Å². The maximum Gasteiger partial charge on any atom is 0.144 e. The molecule has 0 fully saturated rings. The number of rotatable bonds is 2. The smallest absolute Gasteiger partial charge is 0.144 e. The minimum absolute atomic E-state index is 0.941. The van der Waals surface area contributed by atoms with Crippen LogP contribution in [0.3, 0.4) is 0 Å². The number of fused-ring (bicyclic) bond motifs is 1. The zero-order chi connectivity index (χ0) is 15.9. The van der Waals surface area contributed by atoms with Crippen LogP contribution in [0, 0.1) is 24.3 Å². The van der Waals surface area contributed by atoms with Crippen molar-refractivity contribution >= 4 is 45.0 Å². The first-order chi connectivity index (χ1) is 10.5. The fourth-order valence-electron chi connectivity index (χ4n) is 2.60. The second-order valence-corrected chi connectivity index (χ2v) is 6.70. The van der Waals surface area contributed by atoms with Crippen molar-refractivity contribution in [2.45, 2.75) is 20.8 Å². The van der Waals surface area contributed by atoms with Gasteiger partial charge in [0, 0.05) is 21.7 Å². The van der Waals surface area contributed by atoms with Gasteiger partial charge in [0.05, 0.1) is 5.52 Å². The number of hydrogen-bond acceptors (Lipinski definition) is 3. The molecule has 3 aromatic rings. The van der Waals surface area contributed by atoms with E-state index in [0.29, 0.717) is 0 Å². The highest BCUT2D eigenvalue weighted by Crippen LogP contribution is 2.32. The van der Waals surface area contributed by atoms with Crippen LogP contribution in [-0.2, 0) is 0 Å². The van der Waals surface area contributed by atoms with Crippen molar-refractivity contribution in [3.63, 3.8) is 0 Å². The average molecular weight is 403 g/mol. The Morgan fingerprint density at radius 2 is 1.82 bits per heavy atom. The number of nitrogens with zero attached hydrogens (tertiary/aromatic N) is 3. The van der Waals surface area contributed by atoms with E-state index in [4.69, 9.17) is 0 Å². The van der Waals surface area contributed by atoms with E-state index in [1.165, 1.54) is 20.3 Å². The molecule has 0 aliphatic heterocycles. The predicted molar refractivity (Wildman–Crippen MR) is 101 cm³/mol. The Morgan fingerprint density at radius 3 is 2.55 bits per heavy atom. The topological polar surface area (TPSA) is 29.0 Å². The molecule has 4 heteroatoms. The average Bonchev–Trinajstić information content (AvgIpc) is 2.52. The molecule has 0 aliphatic rings. The van der Waals surface area contributed by atoms with E-state index < -0.39 is 0 Å². The zero-order valence-electron chi connectivity index (χ0n) is 13.2. The van der Waals surface area contributed by atoms with Gasteiger partial charge in [-0.2, -0.15) is 0 Å². The number of aryl methyl sites for hydroxylation is 2. The molecule has 2 aromatic carbocycles. The van der Waals surface area contributed by atoms with Gasteiger partial charge in [-0.25, -0.2) is 9.97 Å². The predicted octanol–water partition coefficient (Wildman–Crippen LogP) is 4.93. The Morgan fingerprint density at radius 1 is 1.05 bits per heavy atom. The molecule has 0 amide bonds. The van der Waals surface area contributed by atoms with Gasteiger partial charge >= 0.3 is 0 Å². The van der Waals surface area contributed by atoms with Gasteiger partial charge in [-0.3, -0.25) is 0 Å². The standard InChI is InChI=1S/C18H18IN3/c1-11-6-5-7-14(8-11)22(4)18-15-9-12(2)13(3)16(19)17(15)20-10-21-18/h5-10H,1-4H3. The van der Waals surface area contributed by atoms with Crippen molar-refractivity contribution in [1.82, 2.24) is 9.97 Å². The summed E-state index contributed by atoms with van der Waals surface area (Å²) in [5.41, 5.74) is 5.95. The molecule has 0 spiro atoms. The van der Waals surface area contributed by atoms with Gasteiger partial charge in [-0.15, -0.1) is 0 Å². The van der Waals surface area contributed by atoms with E-state index in [1.807, 2.05) is 0 Å². The van der Waals surface area contributed by atoms with Crippen molar-refractivity contribution in [2.75, 3.05) is 11.9 Å². The molecule has 0 N–H and O–H groups in total. The van der Waals surface area contributed by atoms with Gasteiger partial charge in [-0.05, 0) is 78.3 Å². The van der Waals surface area contributed by atoms with Crippen LogP contribution >= 0.6 is 22.6 Å². The van der Waals surface area contributed by atoms with E-state index in [9.17, 15) is 0 Å². The van der Waals surface area contributed by atoms with Crippen molar-refractivity contribution in [3.8, 4) is 0 Å². The highest BCUT2D eigenvalue weighted by Gasteiger charge is 2.14. The number of anilines is 2. The van der Waals surface area contributed by atoms with Crippen LogP contribution in [0.15, 0.2) is 36.7 Å². The molecule has 1 heterocycles. The molecule has 0 aliphatic carbocycles. The van der Waals surface area contributed by atoms with Crippen LogP contribution in [0.1, 0.15) is 16.7 Å². The van der Waals surface area contributed by atoms with Crippen LogP contribution in [-0.4, -0.2) is 17.0 Å². The summed E-state index contributed by atoms with van der Waals surface area (Å²) < 4.78 is 1.20. The molecule has 0 saturated carbocycles. The fourth-order valence-corrected chi connectivity index (χ4v) is 3.45. The van der Waals surface area contributed by atoms with Gasteiger partial charge in [0.2, 0.25) is 0 Å². The minimum atomic E-state index is 0.941. The molecule has 0 atom stereocenters. The highest BCUT2D eigenvalue weighted by molar-refractivity contribution is 14.1. The van der Waals surface area contributed by atoms with Crippen LogP contribution in [0.2, 0.25) is 0 Å². The van der Waals surface area contributed by atoms with Crippen molar-refractivity contribution in [1.29, 1.82) is 0 Å². The van der Waals surface area contributed by atoms with E-state index >= 15 is 0 Å². The van der Waals surface area contributed by atoms with Gasteiger partial charge in [0.25, 0.3) is 0 Å². The first-order valence-corrected chi connectivity index (χ1v) is 8.27. The Balaban J connectivity index is 2.23. The summed E-state index contributed by atoms with van der Waals surface area (Å²) in [7, 11) is 2.05. The highest BCUT2D eigenvalue weighted by atomic mass is 127. The van der Waals surface area contributed by atoms with Gasteiger partial charge < -0.3 is 4.90 Å². The monoisotopic (exact) mass is 403 g/mol. The van der Waals surface area contributed by atoms with Crippen molar-refractivity contribution < 1.29 is 0 Å². The van der Waals surface area contributed by atoms with Gasteiger partial charge in [-0.1, -0.05) is 12.1 Å². The molecule has 0 unspecified atom stereocenters. The van der Waals surface area contributed by atoms with Gasteiger partial charge in [0.15, 0.2) is 0 Å². The third kappa shape index (κ3) is 2.56. The lowest BCUT2D eigenvalue weighted by Gasteiger charge is -2.21. The molecule has 0 radical (unpaired) electrons. The van der Waals surface area contributed by atoms with Crippen LogP contribution in [0.25, 0.3) is 10.9 Å². The summed E-state index contributed by atoms with van der Waals surface area (Å²) in [6.45, 7) is 6.38. The van der Waals surface area contributed by atoms with E-state index in [2.05, 4.69) is 95.6 Å². The molecule has 0 saturated heterocycles. The first kappa shape index (κ1) is 15.2. The second-order valence-electron chi connectivity index (χ2n) is 5.62. The number of hydrogen-bond donors (Lipinski definition) is 0. The molecule has 1 aromatic heterocycles. The lowest BCUT2D eigenvalue weighted by Crippen LogP contribution is -2.12. The summed E-state index contributed by atoms with van der Waals surface area (Å²) in [4.78, 5) is 11.2. The summed E-state index contributed by atoms with van der Waals surface area (Å²) in [6, 6.07) is 10.6. The van der Waals surface area contributed by atoms with Crippen molar-refractivity contribution in [2.24, 2.45) is 0 Å². The Labute approximate surface area is 144 Å². The molecule has 0 bridgehead atoms. The molecule has 3 nitrogen and oxygen atoms in total. The Kier molecular flexibility index (Phi) is 4.04. The summed E-state index contributed by atoms with van der Waals surface area (Å²) in [6.07, 6.45) is 1.65. The maximum absolute atomic E-state index is 4.54. The number of benzene rings is 2. The Hall–Kier alpha value is -1.69. The summed E-state index contributed by atoms with van der Waals surface area (Å²) in [5, 5.41) is 1.10. The molecule has 22 heavy (non-hydrogen) atoms. The molecular formula is C18H18IN3. The van der Waals surface area contributed by atoms with E-state index in [0.717, 1.165) is 22.4 Å². The summed E-state index contributed by atoms with van der Waals surface area (Å²) >= 11 is 2.38. The molecule has 112 valence electrons. The minimum Gasteiger partial charge on any atom is -0.329 e. The first-order valence-electron chi connectivity index (χ1n) is 7.20. The number of aromatic nitrogens is 2. The van der Waals surface area contributed by atoms with Crippen LogP contribution in [0.5, 0.6) is 0 Å². The lowest BCUT2D eigenvalue weighted by molar-refractivity contribution is 1.10. The quantitative estimate of drug-likeness (QED) is 0.569. The third-order valence-corrected chi connectivity index (χ3v) is 5.38. The van der Waals surface area contributed by atoms with Crippen molar-refractivity contribution in [3.05, 3.63) is 56.9 Å². The number of halogens is 1. The largest absolute Gasteiger partial charge is 0.329 e.